The van der Waals surface area contributed by atoms with Crippen molar-refractivity contribution in [3.05, 3.63) is 72.3 Å². The standard InChI is InChI=1S/C24H29N5O2/c1-24(2,3)29-21(30)13-18(22(29)19-15-26-27(4)16-19)14-25-23(31)17-7-9-20(10-8-17)28-11-5-6-12-28/h5-12,15-16,18,22H,13-14H2,1-4H3,(H,25,31)/t18-,22+/m0/s1. The van der Waals surface area contributed by atoms with Gasteiger partial charge in [-0.3, -0.25) is 14.3 Å². The molecule has 4 rings (SSSR count). The summed E-state index contributed by atoms with van der Waals surface area (Å²) in [4.78, 5) is 27.6. The highest BCUT2D eigenvalue weighted by molar-refractivity contribution is 5.94. The number of hydrogen-bond acceptors (Lipinski definition) is 3. The number of likely N-dealkylation sites (tertiary alicyclic amines) is 1. The maximum Gasteiger partial charge on any atom is 0.251 e. The summed E-state index contributed by atoms with van der Waals surface area (Å²) in [6, 6.07) is 11.3. The Labute approximate surface area is 182 Å². The van der Waals surface area contributed by atoms with Crippen LogP contribution in [0.25, 0.3) is 5.69 Å². The molecule has 1 fully saturated rings. The van der Waals surface area contributed by atoms with Crippen molar-refractivity contribution < 1.29 is 9.59 Å². The molecule has 1 aliphatic heterocycles. The van der Waals surface area contributed by atoms with E-state index in [1.807, 2.05) is 98.5 Å². The van der Waals surface area contributed by atoms with Crippen LogP contribution in [0.5, 0.6) is 0 Å². The van der Waals surface area contributed by atoms with Gasteiger partial charge in [0.2, 0.25) is 5.91 Å². The molecule has 2 amide bonds. The zero-order valence-corrected chi connectivity index (χ0v) is 18.4. The van der Waals surface area contributed by atoms with Crippen molar-refractivity contribution in [2.75, 3.05) is 6.54 Å². The summed E-state index contributed by atoms with van der Waals surface area (Å²) in [7, 11) is 1.87. The molecule has 0 spiro atoms. The van der Waals surface area contributed by atoms with Crippen LogP contribution in [0.2, 0.25) is 0 Å². The van der Waals surface area contributed by atoms with Gasteiger partial charge in [-0.05, 0) is 57.2 Å². The molecule has 0 saturated carbocycles. The Hall–Kier alpha value is -3.35. The van der Waals surface area contributed by atoms with Crippen LogP contribution in [-0.2, 0) is 11.8 Å². The minimum Gasteiger partial charge on any atom is -0.352 e. The summed E-state index contributed by atoms with van der Waals surface area (Å²) in [6.07, 6.45) is 8.11. The van der Waals surface area contributed by atoms with Crippen molar-refractivity contribution in [1.29, 1.82) is 0 Å². The number of nitrogens with zero attached hydrogens (tertiary/aromatic N) is 4. The monoisotopic (exact) mass is 419 g/mol. The van der Waals surface area contributed by atoms with Gasteiger partial charge in [-0.15, -0.1) is 0 Å². The van der Waals surface area contributed by atoms with Crippen LogP contribution in [0, 0.1) is 5.92 Å². The Morgan fingerprint density at radius 3 is 2.42 bits per heavy atom. The minimum absolute atomic E-state index is 0.0148. The van der Waals surface area contributed by atoms with Crippen LogP contribution in [-0.4, -0.2) is 43.1 Å². The number of nitrogens with one attached hydrogen (secondary N) is 1. The lowest BCUT2D eigenvalue weighted by atomic mass is 9.93. The van der Waals surface area contributed by atoms with E-state index < -0.39 is 0 Å². The molecule has 0 aliphatic carbocycles. The van der Waals surface area contributed by atoms with E-state index >= 15 is 0 Å². The van der Waals surface area contributed by atoms with Gasteiger partial charge in [0.05, 0.1) is 12.2 Å². The molecule has 2 atom stereocenters. The maximum atomic E-state index is 12.9. The SMILES string of the molecule is Cn1cc([C@H]2[C@H](CNC(=O)c3ccc(-n4cccc4)cc3)CC(=O)N2C(C)(C)C)cn1. The number of carbonyl (C=O) groups is 2. The average Bonchev–Trinajstić information content (AvgIpc) is 3.45. The third kappa shape index (κ3) is 4.26. The lowest BCUT2D eigenvalue weighted by Gasteiger charge is -2.38. The first-order chi connectivity index (χ1) is 14.7. The van der Waals surface area contributed by atoms with Crippen LogP contribution < -0.4 is 5.32 Å². The highest BCUT2D eigenvalue weighted by Crippen LogP contribution is 2.42. The molecule has 1 saturated heterocycles. The molecular weight excluding hydrogens is 390 g/mol. The number of aromatic nitrogens is 3. The molecule has 0 unspecified atom stereocenters. The summed E-state index contributed by atoms with van der Waals surface area (Å²) in [5.41, 5.74) is 2.29. The van der Waals surface area contributed by atoms with Crippen LogP contribution >= 0.6 is 0 Å². The van der Waals surface area contributed by atoms with Crippen molar-refractivity contribution in [3.63, 3.8) is 0 Å². The molecule has 0 bridgehead atoms. The molecule has 31 heavy (non-hydrogen) atoms. The summed E-state index contributed by atoms with van der Waals surface area (Å²) in [5, 5.41) is 7.34. The Balaban J connectivity index is 1.48. The van der Waals surface area contributed by atoms with Crippen LogP contribution in [0.1, 0.15) is 49.2 Å². The quantitative estimate of drug-likeness (QED) is 0.690. The van der Waals surface area contributed by atoms with Crippen molar-refractivity contribution in [1.82, 2.24) is 24.6 Å². The maximum absolute atomic E-state index is 12.9. The summed E-state index contributed by atoms with van der Waals surface area (Å²) in [5.74, 6) is -0.0404. The lowest BCUT2D eigenvalue weighted by molar-refractivity contribution is -0.133. The molecule has 162 valence electrons. The molecule has 3 aromatic rings. The third-order valence-electron chi connectivity index (χ3n) is 5.78. The molecule has 7 nitrogen and oxygen atoms in total. The second kappa shape index (κ2) is 8.06. The van der Waals surface area contributed by atoms with Gasteiger partial charge >= 0.3 is 0 Å². The molecule has 1 aliphatic rings. The first-order valence-corrected chi connectivity index (χ1v) is 10.6. The molecule has 1 aromatic carbocycles. The van der Waals surface area contributed by atoms with Crippen LogP contribution in [0.3, 0.4) is 0 Å². The summed E-state index contributed by atoms with van der Waals surface area (Å²) < 4.78 is 3.74. The molecule has 1 N–H and O–H groups in total. The average molecular weight is 420 g/mol. The molecule has 2 aromatic heterocycles. The van der Waals surface area contributed by atoms with Gasteiger partial charge in [0.1, 0.15) is 0 Å². The van der Waals surface area contributed by atoms with Crippen LogP contribution in [0.4, 0.5) is 0 Å². The highest BCUT2D eigenvalue weighted by Gasteiger charge is 2.45. The first-order valence-electron chi connectivity index (χ1n) is 10.6. The molecular formula is C24H29N5O2. The van der Waals surface area contributed by atoms with Crippen molar-refractivity contribution in [2.24, 2.45) is 13.0 Å². The van der Waals surface area contributed by atoms with Crippen LogP contribution in [0.15, 0.2) is 61.2 Å². The largest absolute Gasteiger partial charge is 0.352 e. The second-order valence-corrected chi connectivity index (χ2v) is 9.14. The number of benzene rings is 1. The predicted molar refractivity (Wildman–Crippen MR) is 119 cm³/mol. The minimum atomic E-state index is -0.315. The van der Waals surface area contributed by atoms with Crippen molar-refractivity contribution in [2.45, 2.75) is 38.8 Å². The molecule has 0 radical (unpaired) electrons. The van der Waals surface area contributed by atoms with E-state index in [1.165, 1.54) is 0 Å². The fourth-order valence-electron chi connectivity index (χ4n) is 4.41. The second-order valence-electron chi connectivity index (χ2n) is 9.14. The molecule has 7 heteroatoms. The van der Waals surface area contributed by atoms with Gasteiger partial charge < -0.3 is 14.8 Å². The number of amides is 2. The van der Waals surface area contributed by atoms with E-state index in [-0.39, 0.29) is 29.3 Å². The smallest absolute Gasteiger partial charge is 0.251 e. The van der Waals surface area contributed by atoms with Crippen molar-refractivity contribution >= 4 is 11.8 Å². The van der Waals surface area contributed by atoms with E-state index in [4.69, 9.17) is 0 Å². The Morgan fingerprint density at radius 2 is 1.84 bits per heavy atom. The number of aryl methyl sites for hydroxylation is 1. The van der Waals surface area contributed by atoms with Gasteiger partial charge in [0.15, 0.2) is 0 Å². The van der Waals surface area contributed by atoms with E-state index in [2.05, 4.69) is 10.4 Å². The van der Waals surface area contributed by atoms with Gasteiger partial charge in [-0.1, -0.05) is 0 Å². The topological polar surface area (TPSA) is 72.2 Å². The normalized spacial score (nSPS) is 19.1. The zero-order chi connectivity index (χ0) is 22.2. The van der Waals surface area contributed by atoms with Gasteiger partial charge in [-0.2, -0.15) is 5.10 Å². The van der Waals surface area contributed by atoms with Gasteiger partial charge in [0, 0.05) is 66.9 Å². The van der Waals surface area contributed by atoms with Gasteiger partial charge in [-0.25, -0.2) is 0 Å². The van der Waals surface area contributed by atoms with E-state index in [9.17, 15) is 9.59 Å². The molecule has 3 heterocycles. The fraction of sp³-hybridized carbons (Fsp3) is 0.375. The highest BCUT2D eigenvalue weighted by atomic mass is 16.2. The number of rotatable bonds is 5. The lowest BCUT2D eigenvalue weighted by Crippen LogP contribution is -2.44. The van der Waals surface area contributed by atoms with E-state index in [1.54, 1.807) is 4.68 Å². The number of hydrogen-bond donors (Lipinski definition) is 1. The zero-order valence-electron chi connectivity index (χ0n) is 18.4. The van der Waals surface area contributed by atoms with Crippen molar-refractivity contribution in [3.8, 4) is 5.69 Å². The Morgan fingerprint density at radius 1 is 1.16 bits per heavy atom. The predicted octanol–water partition coefficient (Wildman–Crippen LogP) is 3.33. The fourth-order valence-corrected chi connectivity index (χ4v) is 4.41. The number of carbonyl (C=O) groups excluding carboxylic acids is 2. The third-order valence-corrected chi connectivity index (χ3v) is 5.78. The summed E-state index contributed by atoms with van der Waals surface area (Å²) >= 11 is 0. The van der Waals surface area contributed by atoms with Gasteiger partial charge in [0.25, 0.3) is 5.91 Å². The summed E-state index contributed by atoms with van der Waals surface area (Å²) in [6.45, 7) is 6.56. The Kier molecular flexibility index (Phi) is 5.43. The van der Waals surface area contributed by atoms with E-state index in [0.29, 0.717) is 18.5 Å². The Bertz CT molecular complexity index is 1060. The first kappa shape index (κ1) is 20.9. The van der Waals surface area contributed by atoms with E-state index in [0.717, 1.165) is 11.3 Å².